The SMILES string of the molecule is C/C(=C\CC[C@]1(C)OC2=C(C[C@@H]1O)C(=O)CC[C@H]2O)CC/C=C(\C)C(=O)O. The van der Waals surface area contributed by atoms with Crippen LogP contribution in [0.1, 0.15) is 65.7 Å². The second kappa shape index (κ2) is 8.85. The van der Waals surface area contributed by atoms with Gasteiger partial charge in [-0.3, -0.25) is 4.79 Å². The van der Waals surface area contributed by atoms with E-state index in [9.17, 15) is 19.8 Å². The van der Waals surface area contributed by atoms with Gasteiger partial charge in [-0.05, 0) is 52.9 Å². The summed E-state index contributed by atoms with van der Waals surface area (Å²) in [6, 6.07) is 0. The van der Waals surface area contributed by atoms with Crippen LogP contribution in [0.4, 0.5) is 0 Å². The number of carboxylic acids is 1. The standard InChI is InChI=1S/C21H30O6/c1-13(6-4-8-14(2)20(25)26)7-5-11-21(3)18(24)12-15-16(22)9-10-17(23)19(15)27-21/h7-8,17-18,23-24H,4-6,9-12H2,1-3H3,(H,25,26)/b13-7+,14-8+/t17-,18+,21+/m1/s1. The Balaban J connectivity index is 1.94. The molecule has 0 aromatic heterocycles. The average molecular weight is 378 g/mol. The summed E-state index contributed by atoms with van der Waals surface area (Å²) in [5, 5.41) is 29.5. The fraction of sp³-hybridized carbons (Fsp3) is 0.619. The molecule has 0 fully saturated rings. The molecule has 6 heteroatoms. The fourth-order valence-electron chi connectivity index (χ4n) is 3.49. The van der Waals surface area contributed by atoms with Crippen LogP contribution in [0.3, 0.4) is 0 Å². The van der Waals surface area contributed by atoms with Crippen molar-refractivity contribution in [3.8, 4) is 0 Å². The lowest BCUT2D eigenvalue weighted by atomic mass is 9.81. The quantitative estimate of drug-likeness (QED) is 0.465. The highest BCUT2D eigenvalue weighted by molar-refractivity contribution is 5.97. The second-order valence-corrected chi connectivity index (χ2v) is 7.78. The highest BCUT2D eigenvalue weighted by Gasteiger charge is 2.44. The van der Waals surface area contributed by atoms with E-state index in [-0.39, 0.29) is 12.2 Å². The Morgan fingerprint density at radius 1 is 1.26 bits per heavy atom. The minimum atomic E-state index is -0.898. The molecule has 0 saturated carbocycles. The highest BCUT2D eigenvalue weighted by atomic mass is 16.5. The van der Waals surface area contributed by atoms with Crippen LogP contribution in [0.25, 0.3) is 0 Å². The van der Waals surface area contributed by atoms with E-state index in [1.165, 1.54) is 0 Å². The maximum atomic E-state index is 12.0. The molecule has 3 N–H and O–H groups in total. The van der Waals surface area contributed by atoms with Crippen molar-refractivity contribution in [3.05, 3.63) is 34.6 Å². The molecule has 150 valence electrons. The molecule has 0 unspecified atom stereocenters. The molecule has 6 nitrogen and oxygen atoms in total. The van der Waals surface area contributed by atoms with E-state index in [4.69, 9.17) is 9.84 Å². The van der Waals surface area contributed by atoms with E-state index in [0.29, 0.717) is 49.0 Å². The number of aliphatic hydroxyl groups is 2. The number of aliphatic carboxylic acids is 1. The zero-order chi connectivity index (χ0) is 20.2. The van der Waals surface area contributed by atoms with Crippen molar-refractivity contribution < 1.29 is 29.6 Å². The first-order valence-electron chi connectivity index (χ1n) is 9.51. The number of aliphatic hydroxyl groups excluding tert-OH is 2. The van der Waals surface area contributed by atoms with Crippen LogP contribution in [0.5, 0.6) is 0 Å². The van der Waals surface area contributed by atoms with E-state index in [2.05, 4.69) is 6.08 Å². The number of carbonyl (C=O) groups excluding carboxylic acids is 1. The number of hydrogen-bond acceptors (Lipinski definition) is 5. The lowest BCUT2D eigenvalue weighted by molar-refractivity contribution is -0.134. The van der Waals surface area contributed by atoms with Gasteiger partial charge in [0.25, 0.3) is 0 Å². The minimum absolute atomic E-state index is 0.0446. The Kier molecular flexibility index (Phi) is 7.00. The van der Waals surface area contributed by atoms with Crippen molar-refractivity contribution in [2.45, 2.75) is 83.5 Å². The number of Topliss-reactive ketones (excluding diaryl/α,β-unsaturated/α-hetero) is 1. The Bertz CT molecular complexity index is 687. The van der Waals surface area contributed by atoms with Gasteiger partial charge in [-0.15, -0.1) is 0 Å². The van der Waals surface area contributed by atoms with Crippen molar-refractivity contribution in [1.29, 1.82) is 0 Å². The van der Waals surface area contributed by atoms with Gasteiger partial charge in [-0.25, -0.2) is 4.79 Å². The summed E-state index contributed by atoms with van der Waals surface area (Å²) in [6.45, 7) is 5.39. The molecule has 1 heterocycles. The third kappa shape index (κ3) is 5.30. The first-order valence-corrected chi connectivity index (χ1v) is 9.51. The third-order valence-electron chi connectivity index (χ3n) is 5.49. The van der Waals surface area contributed by atoms with Crippen molar-refractivity contribution in [2.24, 2.45) is 0 Å². The van der Waals surface area contributed by atoms with Gasteiger partial charge in [0.15, 0.2) is 5.78 Å². The van der Waals surface area contributed by atoms with Crippen molar-refractivity contribution in [1.82, 2.24) is 0 Å². The van der Waals surface area contributed by atoms with Crippen LogP contribution in [0, 0.1) is 0 Å². The Morgan fingerprint density at radius 2 is 1.96 bits per heavy atom. The molecule has 0 radical (unpaired) electrons. The number of carboxylic acid groups (broad SMARTS) is 1. The molecule has 1 aliphatic heterocycles. The largest absolute Gasteiger partial charge is 0.486 e. The number of rotatable bonds is 7. The van der Waals surface area contributed by atoms with Gasteiger partial charge in [0, 0.05) is 24.0 Å². The summed E-state index contributed by atoms with van der Waals surface area (Å²) in [5.41, 5.74) is 1.09. The molecule has 2 aliphatic rings. The molecule has 0 saturated heterocycles. The minimum Gasteiger partial charge on any atom is -0.486 e. The molecule has 2 rings (SSSR count). The van der Waals surface area contributed by atoms with E-state index >= 15 is 0 Å². The number of allylic oxidation sites excluding steroid dienone is 3. The van der Waals surface area contributed by atoms with Crippen molar-refractivity contribution in [2.75, 3.05) is 0 Å². The third-order valence-corrected chi connectivity index (χ3v) is 5.49. The molecule has 0 amide bonds. The molecule has 1 aliphatic carbocycles. The summed E-state index contributed by atoms with van der Waals surface area (Å²) in [5.74, 6) is -0.601. The van der Waals surface area contributed by atoms with E-state index < -0.39 is 23.8 Å². The Labute approximate surface area is 160 Å². The number of ketones is 1. The Morgan fingerprint density at radius 3 is 2.63 bits per heavy atom. The lowest BCUT2D eigenvalue weighted by Crippen LogP contribution is -2.48. The van der Waals surface area contributed by atoms with Gasteiger partial charge in [0.2, 0.25) is 0 Å². The lowest BCUT2D eigenvalue weighted by Gasteiger charge is -2.43. The predicted octanol–water partition coefficient (Wildman–Crippen LogP) is 3.04. The maximum Gasteiger partial charge on any atom is 0.330 e. The van der Waals surface area contributed by atoms with Crippen LogP contribution in [0.15, 0.2) is 34.6 Å². The summed E-state index contributed by atoms with van der Waals surface area (Å²) >= 11 is 0. The van der Waals surface area contributed by atoms with Gasteiger partial charge >= 0.3 is 5.97 Å². The summed E-state index contributed by atoms with van der Waals surface area (Å²) in [7, 11) is 0. The molecule has 0 aromatic carbocycles. The predicted molar refractivity (Wildman–Crippen MR) is 101 cm³/mol. The van der Waals surface area contributed by atoms with Crippen molar-refractivity contribution >= 4 is 11.8 Å². The van der Waals surface area contributed by atoms with Crippen LogP contribution >= 0.6 is 0 Å². The number of carbonyl (C=O) groups is 2. The van der Waals surface area contributed by atoms with Crippen molar-refractivity contribution in [3.63, 3.8) is 0 Å². The maximum absolute atomic E-state index is 12.0. The zero-order valence-corrected chi connectivity index (χ0v) is 16.3. The van der Waals surface area contributed by atoms with E-state index in [1.807, 2.05) is 13.8 Å². The molecule has 27 heavy (non-hydrogen) atoms. The topological polar surface area (TPSA) is 104 Å². The van der Waals surface area contributed by atoms with Gasteiger partial charge in [0.05, 0.1) is 6.10 Å². The normalized spacial score (nSPS) is 29.4. The van der Waals surface area contributed by atoms with Gasteiger partial charge in [-0.1, -0.05) is 17.7 Å². The van der Waals surface area contributed by atoms with Gasteiger partial charge in [0.1, 0.15) is 17.5 Å². The first kappa shape index (κ1) is 21.4. The fourth-order valence-corrected chi connectivity index (χ4v) is 3.49. The Hall–Kier alpha value is -1.92. The number of ether oxygens (including phenoxy) is 1. The zero-order valence-electron chi connectivity index (χ0n) is 16.3. The van der Waals surface area contributed by atoms with Gasteiger partial charge < -0.3 is 20.1 Å². The van der Waals surface area contributed by atoms with Crippen LogP contribution in [-0.2, 0) is 14.3 Å². The molecule has 3 atom stereocenters. The molecule has 0 spiro atoms. The summed E-state index contributed by atoms with van der Waals surface area (Å²) in [4.78, 5) is 22.8. The monoisotopic (exact) mass is 378 g/mol. The smallest absolute Gasteiger partial charge is 0.330 e. The summed E-state index contributed by atoms with van der Waals surface area (Å²) < 4.78 is 5.95. The average Bonchev–Trinajstić information content (AvgIpc) is 2.60. The molecular formula is C21H30O6. The first-order chi connectivity index (χ1) is 12.6. The molecule has 0 aromatic rings. The van der Waals surface area contributed by atoms with Crippen LogP contribution in [0.2, 0.25) is 0 Å². The second-order valence-electron chi connectivity index (χ2n) is 7.78. The molecular weight excluding hydrogens is 348 g/mol. The number of hydrogen-bond donors (Lipinski definition) is 3. The van der Waals surface area contributed by atoms with Crippen LogP contribution < -0.4 is 0 Å². The van der Waals surface area contributed by atoms with Gasteiger partial charge in [-0.2, -0.15) is 0 Å². The highest BCUT2D eigenvalue weighted by Crippen LogP contribution is 2.40. The van der Waals surface area contributed by atoms with E-state index in [0.717, 1.165) is 12.0 Å². The van der Waals surface area contributed by atoms with E-state index in [1.54, 1.807) is 13.0 Å². The molecule has 0 bridgehead atoms. The van der Waals surface area contributed by atoms with Crippen LogP contribution in [-0.4, -0.2) is 44.9 Å². The summed E-state index contributed by atoms with van der Waals surface area (Å²) in [6.07, 6.45) is 5.80.